The predicted octanol–water partition coefficient (Wildman–Crippen LogP) is 3.69. The highest BCUT2D eigenvalue weighted by Crippen LogP contribution is 2.47. The number of nitrogens with one attached hydrogen (secondary N) is 1. The van der Waals surface area contributed by atoms with E-state index in [1.165, 1.54) is 38.2 Å². The minimum Gasteiger partial charge on any atom is -0.472 e. The lowest BCUT2D eigenvalue weighted by Crippen LogP contribution is -2.41. The van der Waals surface area contributed by atoms with Crippen LogP contribution in [0, 0.1) is 17.8 Å². The van der Waals surface area contributed by atoms with Crippen molar-refractivity contribution in [2.75, 3.05) is 13.1 Å². The molecule has 2 saturated heterocycles. The minimum absolute atomic E-state index is 0.0386. The number of carbonyl (C=O) groups excluding carboxylic acids is 2. The van der Waals surface area contributed by atoms with E-state index in [2.05, 4.69) is 12.2 Å². The molecular formula is C22H29N3O3S. The molecule has 2 bridgehead atoms. The van der Waals surface area contributed by atoms with Gasteiger partial charge in [-0.05, 0) is 69.3 Å². The van der Waals surface area contributed by atoms with E-state index in [-0.39, 0.29) is 11.8 Å². The molecule has 4 aliphatic rings. The first-order valence-electron chi connectivity index (χ1n) is 10.9. The average molecular weight is 416 g/mol. The highest BCUT2D eigenvalue weighted by Gasteiger charge is 2.46. The van der Waals surface area contributed by atoms with Gasteiger partial charge in [-0.25, -0.2) is 0 Å². The first kappa shape index (κ1) is 19.2. The van der Waals surface area contributed by atoms with E-state index in [1.807, 2.05) is 4.90 Å². The van der Waals surface area contributed by atoms with Crippen LogP contribution in [0.5, 0.6) is 0 Å². The zero-order valence-electron chi connectivity index (χ0n) is 16.9. The number of piperidine rings is 1. The van der Waals surface area contributed by atoms with Crippen LogP contribution in [0.4, 0.5) is 0 Å². The van der Waals surface area contributed by atoms with Crippen LogP contribution in [0.1, 0.15) is 62.2 Å². The van der Waals surface area contributed by atoms with Crippen LogP contribution < -0.4 is 5.32 Å². The number of nitrogens with zero attached hydrogens (tertiary/aromatic N) is 2. The van der Waals surface area contributed by atoms with E-state index in [0.717, 1.165) is 49.4 Å². The molecule has 0 radical (unpaired) electrons. The highest BCUT2D eigenvalue weighted by molar-refractivity contribution is 8.16. The summed E-state index contributed by atoms with van der Waals surface area (Å²) in [7, 11) is 0. The van der Waals surface area contributed by atoms with E-state index in [0.29, 0.717) is 17.5 Å². The molecule has 3 heterocycles. The summed E-state index contributed by atoms with van der Waals surface area (Å²) in [5.74, 6) is 2.18. The maximum atomic E-state index is 12.8. The normalized spacial score (nSPS) is 36.2. The molecule has 4 atom stereocenters. The fraction of sp³-hybridized carbons (Fsp3) is 0.682. The molecule has 0 spiro atoms. The Balaban J connectivity index is 1.16. The first-order valence-corrected chi connectivity index (χ1v) is 11.7. The Labute approximate surface area is 175 Å². The third kappa shape index (κ3) is 3.74. The molecule has 1 N–H and O–H groups in total. The number of likely N-dealkylation sites (tertiary alicyclic amines) is 1. The molecule has 2 aliphatic heterocycles. The Morgan fingerprint density at radius 2 is 2.14 bits per heavy atom. The molecule has 0 aromatic carbocycles. The topological polar surface area (TPSA) is 74.9 Å². The summed E-state index contributed by atoms with van der Waals surface area (Å²) >= 11 is 1.63. The molecule has 1 aromatic rings. The number of rotatable bonds is 4. The van der Waals surface area contributed by atoms with Crippen LogP contribution in [0.25, 0.3) is 0 Å². The van der Waals surface area contributed by atoms with Crippen molar-refractivity contribution in [3.63, 3.8) is 0 Å². The van der Waals surface area contributed by atoms with Crippen LogP contribution in [0.2, 0.25) is 0 Å². The van der Waals surface area contributed by atoms with Crippen molar-refractivity contribution < 1.29 is 14.0 Å². The summed E-state index contributed by atoms with van der Waals surface area (Å²) in [6.45, 7) is 3.53. The Morgan fingerprint density at radius 3 is 2.79 bits per heavy atom. The van der Waals surface area contributed by atoms with E-state index in [4.69, 9.17) is 9.41 Å². The molecule has 5 rings (SSSR count). The molecule has 4 fully saturated rings. The highest BCUT2D eigenvalue weighted by atomic mass is 32.2. The number of aliphatic imine (C=N–C) groups is 1. The second kappa shape index (κ2) is 7.49. The third-order valence-electron chi connectivity index (χ3n) is 7.35. The summed E-state index contributed by atoms with van der Waals surface area (Å²) in [6, 6.07) is 2.13. The Hall–Kier alpha value is -1.76. The van der Waals surface area contributed by atoms with Gasteiger partial charge < -0.3 is 14.6 Å². The molecule has 2 aliphatic carbocycles. The van der Waals surface area contributed by atoms with E-state index >= 15 is 0 Å². The summed E-state index contributed by atoms with van der Waals surface area (Å²) in [5, 5.41) is 3.90. The maximum absolute atomic E-state index is 12.8. The molecule has 156 valence electrons. The van der Waals surface area contributed by atoms with Crippen molar-refractivity contribution in [2.45, 2.75) is 62.7 Å². The van der Waals surface area contributed by atoms with E-state index in [9.17, 15) is 9.59 Å². The second-order valence-electron chi connectivity index (χ2n) is 9.42. The quantitative estimate of drug-likeness (QED) is 0.814. The molecule has 29 heavy (non-hydrogen) atoms. The summed E-state index contributed by atoms with van der Waals surface area (Å²) in [5.41, 5.74) is 0.614. The number of thioether (sulfide) groups is 1. The molecule has 6 nitrogen and oxygen atoms in total. The third-order valence-corrected chi connectivity index (χ3v) is 8.56. The average Bonchev–Trinajstić information content (AvgIpc) is 3.48. The van der Waals surface area contributed by atoms with Crippen molar-refractivity contribution in [2.24, 2.45) is 22.7 Å². The Bertz CT molecular complexity index is 815. The van der Waals surface area contributed by atoms with E-state index in [1.54, 1.807) is 17.8 Å². The smallest absolute Gasteiger partial charge is 0.257 e. The minimum atomic E-state index is -0.447. The summed E-state index contributed by atoms with van der Waals surface area (Å²) < 4.78 is 4.58. The van der Waals surface area contributed by atoms with Crippen LogP contribution >= 0.6 is 11.8 Å². The SMILES string of the molecule is CC1(CC2CCN(C(=O)c3ccoc3)CC2)SC(=N[C@H]2C[C@@H]3CC[C@H]2C3)NC1=O. The van der Waals surface area contributed by atoms with Crippen molar-refractivity contribution in [1.29, 1.82) is 0 Å². The van der Waals surface area contributed by atoms with Crippen LogP contribution in [-0.2, 0) is 4.79 Å². The van der Waals surface area contributed by atoms with Gasteiger partial charge in [0.2, 0.25) is 5.91 Å². The van der Waals surface area contributed by atoms with Crippen LogP contribution in [0.15, 0.2) is 28.0 Å². The number of amidine groups is 1. The predicted molar refractivity (Wildman–Crippen MR) is 113 cm³/mol. The van der Waals surface area contributed by atoms with Gasteiger partial charge >= 0.3 is 0 Å². The number of amides is 2. The molecule has 2 amide bonds. The monoisotopic (exact) mass is 415 g/mol. The lowest BCUT2D eigenvalue weighted by atomic mass is 9.87. The zero-order valence-corrected chi connectivity index (χ0v) is 17.7. The van der Waals surface area contributed by atoms with Gasteiger partial charge in [0.05, 0.1) is 22.6 Å². The van der Waals surface area contributed by atoms with Crippen molar-refractivity contribution in [3.05, 3.63) is 24.2 Å². The van der Waals surface area contributed by atoms with Crippen molar-refractivity contribution >= 4 is 28.7 Å². The number of fused-ring (bicyclic) bond motifs is 2. The molecule has 1 aromatic heterocycles. The molecular weight excluding hydrogens is 386 g/mol. The summed E-state index contributed by atoms with van der Waals surface area (Å²) in [4.78, 5) is 32.1. The Kier molecular flexibility index (Phi) is 4.96. The van der Waals surface area contributed by atoms with Gasteiger partial charge in [-0.15, -0.1) is 0 Å². The van der Waals surface area contributed by atoms with Gasteiger partial charge in [0.1, 0.15) is 6.26 Å². The number of carbonyl (C=O) groups is 2. The summed E-state index contributed by atoms with van der Waals surface area (Å²) in [6.07, 6.45) is 10.9. The lowest BCUT2D eigenvalue weighted by molar-refractivity contribution is -0.121. The Morgan fingerprint density at radius 1 is 1.31 bits per heavy atom. The molecule has 7 heteroatoms. The van der Waals surface area contributed by atoms with E-state index < -0.39 is 4.75 Å². The zero-order chi connectivity index (χ0) is 20.0. The number of hydrogen-bond acceptors (Lipinski definition) is 5. The van der Waals surface area contributed by atoms with Crippen LogP contribution in [0.3, 0.4) is 0 Å². The first-order chi connectivity index (χ1) is 14.0. The second-order valence-corrected chi connectivity index (χ2v) is 10.9. The standard InChI is InChI=1S/C22H29N3O3S/c1-22(12-14-4-7-25(8-5-14)19(26)17-6-9-28-13-17)20(27)24-21(29-22)23-18-11-15-2-3-16(18)10-15/h6,9,13-16,18H,2-5,7-8,10-12H2,1H3,(H,23,24,27)/t15-,16+,18+,22?/m1/s1. The van der Waals surface area contributed by atoms with Crippen molar-refractivity contribution in [1.82, 2.24) is 10.2 Å². The van der Waals surface area contributed by atoms with Gasteiger partial charge in [0, 0.05) is 13.1 Å². The number of furan rings is 1. The maximum Gasteiger partial charge on any atom is 0.257 e. The van der Waals surface area contributed by atoms with Gasteiger partial charge in [0.15, 0.2) is 5.17 Å². The molecule has 1 unspecified atom stereocenters. The van der Waals surface area contributed by atoms with Gasteiger partial charge in [-0.1, -0.05) is 18.2 Å². The van der Waals surface area contributed by atoms with Crippen LogP contribution in [-0.4, -0.2) is 45.8 Å². The number of hydrogen-bond donors (Lipinski definition) is 1. The fourth-order valence-electron chi connectivity index (χ4n) is 5.69. The molecule has 2 saturated carbocycles. The van der Waals surface area contributed by atoms with Gasteiger partial charge in [0.25, 0.3) is 5.91 Å². The van der Waals surface area contributed by atoms with Crippen molar-refractivity contribution in [3.8, 4) is 0 Å². The van der Waals surface area contributed by atoms with Gasteiger partial charge in [-0.3, -0.25) is 14.6 Å². The lowest BCUT2D eigenvalue weighted by Gasteiger charge is -2.34. The fourth-order valence-corrected chi connectivity index (χ4v) is 6.91. The largest absolute Gasteiger partial charge is 0.472 e. The van der Waals surface area contributed by atoms with Gasteiger partial charge in [-0.2, -0.15) is 0 Å².